The number of nitrogens with zero attached hydrogens (tertiary/aromatic N) is 4. The van der Waals surface area contributed by atoms with Crippen LogP contribution in [0.2, 0.25) is 0 Å². The first-order valence-electron chi connectivity index (χ1n) is 10.5. The second-order valence-corrected chi connectivity index (χ2v) is 8.22. The van der Waals surface area contributed by atoms with E-state index >= 15 is 0 Å². The Balaban J connectivity index is 1.36. The maximum Gasteiger partial charge on any atom is 0.234 e. The molecule has 2 aromatic carbocycles. The Morgan fingerprint density at radius 1 is 1.09 bits per heavy atom. The maximum atomic E-state index is 12.7. The summed E-state index contributed by atoms with van der Waals surface area (Å²) in [6.07, 6.45) is 3.43. The molecule has 0 radical (unpaired) electrons. The standard InChI is InChI=1S/C24H21N5O4S/c1-31-19-7-5-18(6-8-19)29-23(16-3-2-10-25-14-16)27-28-24(29)34-15-22(30)26-17-4-9-20-21(13-17)33-12-11-32-20/h2-10,13-14H,11-12,15H2,1H3,(H,26,30). The van der Waals surface area contributed by atoms with Gasteiger partial charge in [0.05, 0.1) is 12.9 Å². The van der Waals surface area contributed by atoms with Crippen LogP contribution < -0.4 is 19.5 Å². The minimum atomic E-state index is -0.172. The molecule has 0 bridgehead atoms. The minimum Gasteiger partial charge on any atom is -0.497 e. The quantitative estimate of drug-likeness (QED) is 0.403. The number of methoxy groups -OCH3 is 1. The molecule has 10 heteroatoms. The summed E-state index contributed by atoms with van der Waals surface area (Å²) in [7, 11) is 1.62. The zero-order valence-corrected chi connectivity index (χ0v) is 19.1. The Kier molecular flexibility index (Phi) is 6.30. The van der Waals surface area contributed by atoms with Crippen LogP contribution in [0, 0.1) is 0 Å². The van der Waals surface area contributed by atoms with E-state index in [1.165, 1.54) is 11.8 Å². The van der Waals surface area contributed by atoms with E-state index in [-0.39, 0.29) is 11.7 Å². The molecule has 172 valence electrons. The average molecular weight is 476 g/mol. The largest absolute Gasteiger partial charge is 0.497 e. The number of hydrogen-bond acceptors (Lipinski definition) is 8. The van der Waals surface area contributed by atoms with Gasteiger partial charge in [0.15, 0.2) is 22.5 Å². The molecule has 3 heterocycles. The van der Waals surface area contributed by atoms with Gasteiger partial charge in [-0.05, 0) is 48.5 Å². The summed E-state index contributed by atoms with van der Waals surface area (Å²) in [5.41, 5.74) is 2.31. The van der Waals surface area contributed by atoms with Crippen molar-refractivity contribution >= 4 is 23.4 Å². The molecule has 34 heavy (non-hydrogen) atoms. The summed E-state index contributed by atoms with van der Waals surface area (Å²) in [6, 6.07) is 16.7. The lowest BCUT2D eigenvalue weighted by atomic mass is 10.2. The van der Waals surface area contributed by atoms with Gasteiger partial charge in [0.2, 0.25) is 5.91 Å². The van der Waals surface area contributed by atoms with Gasteiger partial charge in [-0.2, -0.15) is 0 Å². The first kappa shape index (κ1) is 21.8. The van der Waals surface area contributed by atoms with Crippen LogP contribution in [-0.4, -0.2) is 51.7 Å². The summed E-state index contributed by atoms with van der Waals surface area (Å²) < 4.78 is 18.3. The van der Waals surface area contributed by atoms with Crippen LogP contribution in [0.3, 0.4) is 0 Å². The predicted octanol–water partition coefficient (Wildman–Crippen LogP) is 3.84. The van der Waals surface area contributed by atoms with E-state index in [0.29, 0.717) is 41.4 Å². The van der Waals surface area contributed by atoms with Gasteiger partial charge < -0.3 is 19.5 Å². The first-order valence-corrected chi connectivity index (χ1v) is 11.5. The van der Waals surface area contributed by atoms with Crippen molar-refractivity contribution in [2.24, 2.45) is 0 Å². The zero-order chi connectivity index (χ0) is 23.3. The van der Waals surface area contributed by atoms with E-state index in [1.807, 2.05) is 41.0 Å². The Morgan fingerprint density at radius 3 is 2.68 bits per heavy atom. The van der Waals surface area contributed by atoms with Crippen LogP contribution in [0.1, 0.15) is 0 Å². The molecule has 0 fully saturated rings. The molecule has 1 aliphatic rings. The lowest BCUT2D eigenvalue weighted by molar-refractivity contribution is -0.113. The average Bonchev–Trinajstić information content (AvgIpc) is 3.32. The van der Waals surface area contributed by atoms with Crippen LogP contribution >= 0.6 is 11.8 Å². The summed E-state index contributed by atoms with van der Waals surface area (Å²) in [6.45, 7) is 1.01. The second kappa shape index (κ2) is 9.84. The van der Waals surface area contributed by atoms with Crippen molar-refractivity contribution in [3.63, 3.8) is 0 Å². The molecule has 4 aromatic rings. The van der Waals surface area contributed by atoms with Gasteiger partial charge in [0.25, 0.3) is 0 Å². The number of pyridine rings is 1. The molecule has 1 amide bonds. The van der Waals surface area contributed by atoms with E-state index in [9.17, 15) is 4.79 Å². The Labute approximate surface area is 200 Å². The van der Waals surface area contributed by atoms with Gasteiger partial charge in [0, 0.05) is 35.4 Å². The molecule has 2 aromatic heterocycles. The third-order valence-electron chi connectivity index (χ3n) is 5.04. The molecule has 0 aliphatic carbocycles. The number of ether oxygens (including phenoxy) is 3. The lowest BCUT2D eigenvalue weighted by Crippen LogP contribution is -2.17. The molecule has 0 unspecified atom stereocenters. The van der Waals surface area contributed by atoms with Crippen molar-refractivity contribution in [3.8, 4) is 34.3 Å². The van der Waals surface area contributed by atoms with Crippen LogP contribution in [0.15, 0.2) is 72.1 Å². The molecule has 1 N–H and O–H groups in total. The van der Waals surface area contributed by atoms with Gasteiger partial charge in [-0.25, -0.2) is 0 Å². The Morgan fingerprint density at radius 2 is 1.91 bits per heavy atom. The minimum absolute atomic E-state index is 0.149. The number of nitrogens with one attached hydrogen (secondary N) is 1. The maximum absolute atomic E-state index is 12.7. The van der Waals surface area contributed by atoms with E-state index in [2.05, 4.69) is 20.5 Å². The first-order chi connectivity index (χ1) is 16.7. The molecule has 0 saturated carbocycles. The molecule has 9 nitrogen and oxygen atoms in total. The predicted molar refractivity (Wildman–Crippen MR) is 128 cm³/mol. The number of thioether (sulfide) groups is 1. The third-order valence-corrected chi connectivity index (χ3v) is 5.97. The van der Waals surface area contributed by atoms with Gasteiger partial charge in [-0.3, -0.25) is 14.3 Å². The topological polar surface area (TPSA) is 100 Å². The van der Waals surface area contributed by atoms with Crippen molar-refractivity contribution in [2.75, 3.05) is 31.4 Å². The highest BCUT2D eigenvalue weighted by Gasteiger charge is 2.18. The summed E-state index contributed by atoms with van der Waals surface area (Å²) in [5.74, 6) is 2.65. The zero-order valence-electron chi connectivity index (χ0n) is 18.3. The lowest BCUT2D eigenvalue weighted by Gasteiger charge is -2.19. The SMILES string of the molecule is COc1ccc(-n2c(SCC(=O)Nc3ccc4c(c3)OCCO4)nnc2-c2cccnc2)cc1. The fraction of sp³-hybridized carbons (Fsp3) is 0.167. The number of benzene rings is 2. The fourth-order valence-electron chi connectivity index (χ4n) is 3.46. The molecule has 5 rings (SSSR count). The van der Waals surface area contributed by atoms with E-state index in [1.54, 1.807) is 37.7 Å². The molecular weight excluding hydrogens is 454 g/mol. The molecule has 0 saturated heterocycles. The molecule has 1 aliphatic heterocycles. The third kappa shape index (κ3) is 4.67. The van der Waals surface area contributed by atoms with Crippen LogP contribution in [-0.2, 0) is 4.79 Å². The van der Waals surface area contributed by atoms with Crippen LogP contribution in [0.4, 0.5) is 5.69 Å². The number of fused-ring (bicyclic) bond motifs is 1. The van der Waals surface area contributed by atoms with Gasteiger partial charge >= 0.3 is 0 Å². The monoisotopic (exact) mass is 475 g/mol. The number of aromatic nitrogens is 4. The van der Waals surface area contributed by atoms with Crippen LogP contribution in [0.5, 0.6) is 17.2 Å². The second-order valence-electron chi connectivity index (χ2n) is 7.28. The number of hydrogen-bond donors (Lipinski definition) is 1. The number of carbonyl (C=O) groups is 1. The van der Waals surface area contributed by atoms with Gasteiger partial charge in [-0.1, -0.05) is 11.8 Å². The summed E-state index contributed by atoms with van der Waals surface area (Å²) in [4.78, 5) is 16.9. The molecule has 0 atom stereocenters. The van der Waals surface area contributed by atoms with E-state index < -0.39 is 0 Å². The number of carbonyl (C=O) groups excluding carboxylic acids is 1. The van der Waals surface area contributed by atoms with Gasteiger partial charge in [-0.15, -0.1) is 10.2 Å². The van der Waals surface area contributed by atoms with Crippen LogP contribution in [0.25, 0.3) is 17.1 Å². The summed E-state index contributed by atoms with van der Waals surface area (Å²) in [5, 5.41) is 12.2. The van der Waals surface area contributed by atoms with Crippen molar-refractivity contribution in [1.82, 2.24) is 19.7 Å². The van der Waals surface area contributed by atoms with E-state index in [0.717, 1.165) is 17.0 Å². The van der Waals surface area contributed by atoms with Crippen molar-refractivity contribution in [1.29, 1.82) is 0 Å². The highest BCUT2D eigenvalue weighted by Crippen LogP contribution is 2.33. The molecule has 0 spiro atoms. The fourth-order valence-corrected chi connectivity index (χ4v) is 4.21. The normalized spacial score (nSPS) is 12.3. The molecular formula is C24H21N5O4S. The number of amides is 1. The Bertz CT molecular complexity index is 1290. The smallest absolute Gasteiger partial charge is 0.234 e. The highest BCUT2D eigenvalue weighted by molar-refractivity contribution is 7.99. The number of rotatable bonds is 7. The van der Waals surface area contributed by atoms with Gasteiger partial charge in [0.1, 0.15) is 19.0 Å². The number of anilines is 1. The Hall–Kier alpha value is -4.05. The van der Waals surface area contributed by atoms with Crippen molar-refractivity contribution < 1.29 is 19.0 Å². The van der Waals surface area contributed by atoms with Crippen molar-refractivity contribution in [3.05, 3.63) is 67.0 Å². The van der Waals surface area contributed by atoms with E-state index in [4.69, 9.17) is 14.2 Å². The highest BCUT2D eigenvalue weighted by atomic mass is 32.2. The van der Waals surface area contributed by atoms with Crippen molar-refractivity contribution in [2.45, 2.75) is 5.16 Å². The summed E-state index contributed by atoms with van der Waals surface area (Å²) >= 11 is 1.29.